The van der Waals surface area contributed by atoms with Gasteiger partial charge in [0.05, 0.1) is 5.60 Å². The van der Waals surface area contributed by atoms with E-state index in [1.807, 2.05) is 19.1 Å². The van der Waals surface area contributed by atoms with Crippen molar-refractivity contribution in [1.82, 2.24) is 0 Å². The fraction of sp³-hybridized carbons (Fsp3) is 0.417. The number of hydrogen-bond acceptors (Lipinski definition) is 3. The average molecular weight is 284 g/mol. The van der Waals surface area contributed by atoms with Crippen molar-refractivity contribution in [3.05, 3.63) is 28.2 Å². The number of rotatable bonds is 2. The standard InChI is InChI=1S/C12H14BrNO2/c1-12(16)4-5-14(8-12)11-3-2-10(13)6-9(11)7-15/h2-3,6-7,16H,4-5,8H2,1H3. The number of β-amino-alcohol motifs (C(OH)–C–C–N with tert-alkyl or cyclic N) is 1. The molecule has 0 aliphatic carbocycles. The summed E-state index contributed by atoms with van der Waals surface area (Å²) in [5.41, 5.74) is 0.913. The van der Waals surface area contributed by atoms with Crippen LogP contribution >= 0.6 is 15.9 Å². The normalized spacial score (nSPS) is 24.8. The van der Waals surface area contributed by atoms with E-state index in [4.69, 9.17) is 0 Å². The molecule has 0 bridgehead atoms. The largest absolute Gasteiger partial charge is 0.388 e. The highest BCUT2D eigenvalue weighted by Gasteiger charge is 2.32. The number of benzene rings is 1. The zero-order valence-corrected chi connectivity index (χ0v) is 10.7. The van der Waals surface area contributed by atoms with Crippen molar-refractivity contribution in [2.75, 3.05) is 18.0 Å². The van der Waals surface area contributed by atoms with Crippen molar-refractivity contribution >= 4 is 27.9 Å². The smallest absolute Gasteiger partial charge is 0.152 e. The third-order valence-electron chi connectivity index (χ3n) is 2.91. The fourth-order valence-corrected chi connectivity index (χ4v) is 2.44. The first-order valence-corrected chi connectivity index (χ1v) is 6.03. The lowest BCUT2D eigenvalue weighted by Crippen LogP contribution is -2.30. The van der Waals surface area contributed by atoms with Crippen LogP contribution in [0, 0.1) is 0 Å². The van der Waals surface area contributed by atoms with Crippen molar-refractivity contribution in [1.29, 1.82) is 0 Å². The third kappa shape index (κ3) is 2.28. The predicted octanol–water partition coefficient (Wildman–Crippen LogP) is 2.22. The maximum absolute atomic E-state index is 11.0. The van der Waals surface area contributed by atoms with Crippen molar-refractivity contribution in [3.63, 3.8) is 0 Å². The van der Waals surface area contributed by atoms with Crippen molar-refractivity contribution in [2.24, 2.45) is 0 Å². The van der Waals surface area contributed by atoms with Gasteiger partial charge < -0.3 is 10.0 Å². The van der Waals surface area contributed by atoms with Crippen molar-refractivity contribution < 1.29 is 9.90 Å². The second kappa shape index (κ2) is 4.18. The molecule has 1 unspecified atom stereocenters. The minimum absolute atomic E-state index is 0.579. The van der Waals surface area contributed by atoms with E-state index in [0.29, 0.717) is 12.1 Å². The molecule has 3 nitrogen and oxygen atoms in total. The van der Waals surface area contributed by atoms with Gasteiger partial charge in [0.1, 0.15) is 0 Å². The van der Waals surface area contributed by atoms with Crippen LogP contribution < -0.4 is 4.90 Å². The molecule has 1 aromatic rings. The van der Waals surface area contributed by atoms with Crippen LogP contribution in [-0.2, 0) is 0 Å². The summed E-state index contributed by atoms with van der Waals surface area (Å²) in [5, 5.41) is 9.91. The monoisotopic (exact) mass is 283 g/mol. The maximum Gasteiger partial charge on any atom is 0.152 e. The summed E-state index contributed by atoms with van der Waals surface area (Å²) in [5.74, 6) is 0. The molecule has 1 heterocycles. The summed E-state index contributed by atoms with van der Waals surface area (Å²) in [6.07, 6.45) is 1.59. The molecule has 0 aromatic heterocycles. The lowest BCUT2D eigenvalue weighted by atomic mass is 10.1. The van der Waals surface area contributed by atoms with Gasteiger partial charge in [-0.1, -0.05) is 15.9 Å². The van der Waals surface area contributed by atoms with E-state index in [0.717, 1.165) is 29.4 Å². The van der Waals surface area contributed by atoms with E-state index in [-0.39, 0.29) is 0 Å². The highest BCUT2D eigenvalue weighted by molar-refractivity contribution is 9.10. The van der Waals surface area contributed by atoms with E-state index < -0.39 is 5.60 Å². The number of anilines is 1. The summed E-state index contributed by atoms with van der Waals surface area (Å²) >= 11 is 3.34. The zero-order valence-electron chi connectivity index (χ0n) is 9.11. The minimum atomic E-state index is -0.646. The minimum Gasteiger partial charge on any atom is -0.388 e. The number of nitrogens with zero attached hydrogens (tertiary/aromatic N) is 1. The maximum atomic E-state index is 11.0. The SMILES string of the molecule is CC1(O)CCN(c2ccc(Br)cc2C=O)C1. The lowest BCUT2D eigenvalue weighted by Gasteiger charge is -2.22. The van der Waals surface area contributed by atoms with Crippen LogP contribution in [0.3, 0.4) is 0 Å². The Morgan fingerprint density at radius 2 is 2.31 bits per heavy atom. The molecule has 1 fully saturated rings. The van der Waals surface area contributed by atoms with Gasteiger partial charge >= 0.3 is 0 Å². The molecular weight excluding hydrogens is 270 g/mol. The van der Waals surface area contributed by atoms with Gasteiger partial charge in [0.2, 0.25) is 0 Å². The van der Waals surface area contributed by atoms with Gasteiger partial charge in [0, 0.05) is 28.8 Å². The molecule has 1 N–H and O–H groups in total. The number of aliphatic hydroxyl groups is 1. The molecule has 0 amide bonds. The number of aldehydes is 1. The molecule has 0 radical (unpaired) electrons. The van der Waals surface area contributed by atoms with E-state index in [1.54, 1.807) is 6.07 Å². The third-order valence-corrected chi connectivity index (χ3v) is 3.40. The quantitative estimate of drug-likeness (QED) is 0.847. The van der Waals surface area contributed by atoms with Crippen LogP contribution in [-0.4, -0.2) is 30.1 Å². The second-order valence-corrected chi connectivity index (χ2v) is 5.41. The van der Waals surface area contributed by atoms with Gasteiger partial charge in [-0.05, 0) is 31.5 Å². The molecule has 16 heavy (non-hydrogen) atoms. The second-order valence-electron chi connectivity index (χ2n) is 4.49. The van der Waals surface area contributed by atoms with Crippen LogP contribution in [0.25, 0.3) is 0 Å². The number of hydrogen-bond donors (Lipinski definition) is 1. The van der Waals surface area contributed by atoms with Gasteiger partial charge in [0.25, 0.3) is 0 Å². The first kappa shape index (κ1) is 11.6. The number of carbonyl (C=O) groups is 1. The van der Waals surface area contributed by atoms with Crippen molar-refractivity contribution in [2.45, 2.75) is 18.9 Å². The summed E-state index contributed by atoms with van der Waals surface area (Å²) in [6.45, 7) is 3.19. The summed E-state index contributed by atoms with van der Waals surface area (Å²) in [4.78, 5) is 13.0. The van der Waals surface area contributed by atoms with Crippen LogP contribution in [0.4, 0.5) is 5.69 Å². The number of carbonyl (C=O) groups excluding carboxylic acids is 1. The molecule has 4 heteroatoms. The van der Waals surface area contributed by atoms with Gasteiger partial charge in [-0.15, -0.1) is 0 Å². The summed E-state index contributed by atoms with van der Waals surface area (Å²) in [7, 11) is 0. The van der Waals surface area contributed by atoms with Crippen LogP contribution in [0.5, 0.6) is 0 Å². The Hall–Kier alpha value is -0.870. The fourth-order valence-electron chi connectivity index (χ4n) is 2.06. The predicted molar refractivity (Wildman–Crippen MR) is 67.0 cm³/mol. The molecule has 1 atom stereocenters. The van der Waals surface area contributed by atoms with E-state index in [9.17, 15) is 9.90 Å². The molecule has 1 aromatic carbocycles. The van der Waals surface area contributed by atoms with Crippen molar-refractivity contribution in [3.8, 4) is 0 Å². The van der Waals surface area contributed by atoms with Gasteiger partial charge in [-0.25, -0.2) is 0 Å². The highest BCUT2D eigenvalue weighted by Crippen LogP contribution is 2.29. The summed E-state index contributed by atoms with van der Waals surface area (Å²) < 4.78 is 0.893. The molecule has 0 spiro atoms. The first-order valence-electron chi connectivity index (χ1n) is 5.24. The molecule has 2 rings (SSSR count). The summed E-state index contributed by atoms with van der Waals surface area (Å²) in [6, 6.07) is 5.62. The molecule has 1 saturated heterocycles. The molecule has 0 saturated carbocycles. The Balaban J connectivity index is 2.31. The van der Waals surface area contributed by atoms with Crippen LogP contribution in [0.1, 0.15) is 23.7 Å². The Bertz CT molecular complexity index is 417. The molecule has 1 aliphatic heterocycles. The van der Waals surface area contributed by atoms with Gasteiger partial charge in [0.15, 0.2) is 6.29 Å². The first-order chi connectivity index (χ1) is 7.52. The zero-order chi connectivity index (χ0) is 11.8. The Kier molecular flexibility index (Phi) is 3.04. The number of halogens is 1. The van der Waals surface area contributed by atoms with E-state index in [1.165, 1.54) is 0 Å². The topological polar surface area (TPSA) is 40.5 Å². The lowest BCUT2D eigenvalue weighted by molar-refractivity contribution is 0.0839. The van der Waals surface area contributed by atoms with Crippen LogP contribution in [0.2, 0.25) is 0 Å². The Labute approximate surface area is 103 Å². The van der Waals surface area contributed by atoms with Gasteiger partial charge in [-0.3, -0.25) is 4.79 Å². The Morgan fingerprint density at radius 1 is 1.56 bits per heavy atom. The van der Waals surface area contributed by atoms with Gasteiger partial charge in [-0.2, -0.15) is 0 Å². The van der Waals surface area contributed by atoms with Crippen LogP contribution in [0.15, 0.2) is 22.7 Å². The molecule has 1 aliphatic rings. The Morgan fingerprint density at radius 3 is 2.88 bits per heavy atom. The van der Waals surface area contributed by atoms with E-state index >= 15 is 0 Å². The molecule has 86 valence electrons. The highest BCUT2D eigenvalue weighted by atomic mass is 79.9. The molecular formula is C12H14BrNO2. The van der Waals surface area contributed by atoms with E-state index in [2.05, 4.69) is 20.8 Å². The average Bonchev–Trinajstić information content (AvgIpc) is 2.58.